The number of carbonyl (C=O) groups excluding carboxylic acids is 3. The highest BCUT2D eigenvalue weighted by molar-refractivity contribution is 7.90. The number of urea groups is 2. The first kappa shape index (κ1) is 48.2. The number of carbonyl (C=O) groups is 4. The highest BCUT2D eigenvalue weighted by atomic mass is 35.5. The third-order valence-corrected chi connectivity index (χ3v) is 11.5. The number of hydrogen-bond acceptors (Lipinski definition) is 10. The third kappa shape index (κ3) is 12.0. The van der Waals surface area contributed by atoms with Gasteiger partial charge >= 0.3 is 18.0 Å². The minimum atomic E-state index is -4.37. The van der Waals surface area contributed by atoms with Crippen molar-refractivity contribution in [3.63, 3.8) is 0 Å². The average Bonchev–Trinajstić information content (AvgIpc) is 3.72. The summed E-state index contributed by atoms with van der Waals surface area (Å²) in [5, 5.41) is 24.2. The zero-order valence-electron chi connectivity index (χ0n) is 34.3. The fraction of sp³-hybridized carbons (Fsp3) is 0.405. The number of nitrogens with zero attached hydrogens (tertiary/aromatic N) is 4. The second-order valence-corrected chi connectivity index (χ2v) is 18.7. The summed E-state index contributed by atoms with van der Waals surface area (Å²) in [6.07, 6.45) is 0. The van der Waals surface area contributed by atoms with Gasteiger partial charge in [0, 0.05) is 54.7 Å². The minimum absolute atomic E-state index is 0.0204. The number of sulfonamides is 2. The SMILES string of the molecule is CC(C)c1cc(Cl)cc(C(C)C)c1NC(=O)NS(=O)(=O)c1cc(C(=O)O)n(C)n1.CNC(=O)c1cc(S(=O)(=O)NC(=O)Nc2c(C(C)C)cc(Cl)cc2C(C)C)nn1C. The van der Waals surface area contributed by atoms with E-state index >= 15 is 0 Å². The zero-order chi connectivity index (χ0) is 44.9. The molecule has 0 radical (unpaired) electrons. The molecular weight excluding hydrogens is 850 g/mol. The first-order valence-corrected chi connectivity index (χ1v) is 21.8. The Morgan fingerprint density at radius 1 is 0.593 bits per heavy atom. The summed E-state index contributed by atoms with van der Waals surface area (Å²) in [6, 6.07) is 6.98. The van der Waals surface area contributed by atoms with Crippen molar-refractivity contribution in [2.24, 2.45) is 14.1 Å². The molecule has 4 aromatic rings. The smallest absolute Gasteiger partial charge is 0.354 e. The number of nitrogens with one attached hydrogen (secondary N) is 5. The molecule has 2 heterocycles. The molecule has 0 spiro atoms. The number of aromatic nitrogens is 4. The van der Waals surface area contributed by atoms with Crippen LogP contribution in [0.2, 0.25) is 10.0 Å². The van der Waals surface area contributed by atoms with E-state index in [-0.39, 0.29) is 35.1 Å². The molecule has 0 aliphatic heterocycles. The Morgan fingerprint density at radius 2 is 0.898 bits per heavy atom. The van der Waals surface area contributed by atoms with E-state index in [4.69, 9.17) is 28.3 Å². The average molecular weight is 899 g/mol. The first-order chi connectivity index (χ1) is 27.2. The summed E-state index contributed by atoms with van der Waals surface area (Å²) in [5.41, 5.74) is 3.83. The molecule has 322 valence electrons. The van der Waals surface area contributed by atoms with Crippen molar-refractivity contribution in [2.45, 2.75) is 89.1 Å². The molecule has 59 heavy (non-hydrogen) atoms. The number of anilines is 2. The maximum atomic E-state index is 12.6. The molecule has 0 saturated heterocycles. The fourth-order valence-electron chi connectivity index (χ4n) is 5.72. The monoisotopic (exact) mass is 897 g/mol. The molecule has 6 N–H and O–H groups in total. The van der Waals surface area contributed by atoms with Crippen LogP contribution in [0.25, 0.3) is 0 Å². The lowest BCUT2D eigenvalue weighted by Gasteiger charge is -2.21. The molecule has 0 unspecified atom stereocenters. The van der Waals surface area contributed by atoms with Crippen LogP contribution in [0.4, 0.5) is 21.0 Å². The zero-order valence-corrected chi connectivity index (χ0v) is 37.5. The molecule has 0 saturated carbocycles. The lowest BCUT2D eigenvalue weighted by atomic mass is 9.92. The molecule has 0 atom stereocenters. The normalized spacial score (nSPS) is 11.7. The summed E-state index contributed by atoms with van der Waals surface area (Å²) in [4.78, 5) is 47.9. The standard InChI is InChI=1S/C19H26ClN5O4S.C18H23ClN4O5S/c1-10(2)13-7-12(20)8-14(11(3)4)17(13)22-19(27)24-30(28,29)16-9-15(18(26)21-5)25(6)23-16;1-9(2)12-6-11(19)7-13(10(3)4)16(12)20-18(26)22-29(27,28)15-8-14(17(24)25)23(5)21-15/h7-11H,1-6H3,(H,21,26)(H2,22,24,27);6-10H,1-5H3,(H,24,25)(H2,20,22,26). The van der Waals surface area contributed by atoms with Crippen molar-refractivity contribution in [3.05, 3.63) is 80.1 Å². The molecule has 0 bridgehead atoms. The van der Waals surface area contributed by atoms with Crippen molar-refractivity contribution >= 4 is 78.6 Å². The van der Waals surface area contributed by atoms with Crippen LogP contribution in [-0.2, 0) is 34.1 Å². The number of aromatic carboxylic acids is 1. The molecule has 18 nitrogen and oxygen atoms in total. The van der Waals surface area contributed by atoms with Crippen LogP contribution in [0.15, 0.2) is 46.5 Å². The third-order valence-electron chi connectivity index (χ3n) is 8.69. The largest absolute Gasteiger partial charge is 0.477 e. The van der Waals surface area contributed by atoms with Crippen LogP contribution in [0.5, 0.6) is 0 Å². The predicted molar refractivity (Wildman–Crippen MR) is 225 cm³/mol. The van der Waals surface area contributed by atoms with Gasteiger partial charge in [0.15, 0.2) is 10.1 Å². The van der Waals surface area contributed by atoms with Crippen LogP contribution in [-0.4, -0.2) is 72.5 Å². The summed E-state index contributed by atoms with van der Waals surface area (Å²) < 4.78 is 55.9. The molecule has 5 amide bonds. The van der Waals surface area contributed by atoms with Crippen molar-refractivity contribution in [3.8, 4) is 0 Å². The minimum Gasteiger partial charge on any atom is -0.477 e. The summed E-state index contributed by atoms with van der Waals surface area (Å²) in [7, 11) is -4.53. The van der Waals surface area contributed by atoms with Gasteiger partial charge in [0.2, 0.25) is 0 Å². The molecule has 0 aliphatic carbocycles. The van der Waals surface area contributed by atoms with E-state index < -0.39 is 54.0 Å². The number of hydrogen-bond donors (Lipinski definition) is 6. The molecule has 0 aliphatic rings. The van der Waals surface area contributed by atoms with Crippen molar-refractivity contribution in [2.75, 3.05) is 17.7 Å². The van der Waals surface area contributed by atoms with Crippen LogP contribution in [0.3, 0.4) is 0 Å². The number of carboxylic acids is 1. The topological polar surface area (TPSA) is 253 Å². The molecule has 4 rings (SSSR count). The van der Waals surface area contributed by atoms with Crippen molar-refractivity contribution in [1.29, 1.82) is 0 Å². The van der Waals surface area contributed by atoms with Gasteiger partial charge < -0.3 is 21.1 Å². The quantitative estimate of drug-likeness (QED) is 0.0871. The maximum absolute atomic E-state index is 12.6. The molecule has 0 fully saturated rings. The summed E-state index contributed by atoms with van der Waals surface area (Å²) >= 11 is 12.4. The Bertz CT molecular complexity index is 2420. The number of halogens is 2. The molecule has 2 aromatic carbocycles. The van der Waals surface area contributed by atoms with Crippen LogP contribution in [0.1, 0.15) is 122 Å². The lowest BCUT2D eigenvalue weighted by molar-refractivity contribution is 0.0684. The number of benzene rings is 2. The Morgan fingerprint density at radius 3 is 1.17 bits per heavy atom. The van der Waals surface area contributed by atoms with Crippen molar-refractivity contribution in [1.82, 2.24) is 34.3 Å². The Hall–Kier alpha value is -5.18. The fourth-order valence-corrected chi connectivity index (χ4v) is 7.98. The first-order valence-electron chi connectivity index (χ1n) is 18.1. The van der Waals surface area contributed by atoms with Gasteiger partial charge in [-0.15, -0.1) is 0 Å². The van der Waals surface area contributed by atoms with Crippen LogP contribution in [0, 0.1) is 0 Å². The van der Waals surface area contributed by atoms with Gasteiger partial charge in [0.25, 0.3) is 26.0 Å². The molecule has 2 aromatic heterocycles. The van der Waals surface area contributed by atoms with E-state index in [0.717, 1.165) is 43.8 Å². The van der Waals surface area contributed by atoms with E-state index in [0.29, 0.717) is 21.4 Å². The number of rotatable bonds is 12. The van der Waals surface area contributed by atoms with E-state index in [9.17, 15) is 36.0 Å². The van der Waals surface area contributed by atoms with E-state index in [1.807, 2.05) is 64.8 Å². The Labute approximate surface area is 353 Å². The number of aryl methyl sites for hydroxylation is 2. The van der Waals surface area contributed by atoms with Gasteiger partial charge in [-0.3, -0.25) is 14.2 Å². The molecular formula is C37H49Cl2N9O9S2. The number of amides is 5. The Kier molecular flexibility index (Phi) is 15.7. The van der Waals surface area contributed by atoms with Gasteiger partial charge in [-0.1, -0.05) is 78.6 Å². The van der Waals surface area contributed by atoms with Gasteiger partial charge in [-0.25, -0.2) is 23.8 Å². The van der Waals surface area contributed by atoms with E-state index in [1.54, 1.807) is 24.3 Å². The predicted octanol–water partition coefficient (Wildman–Crippen LogP) is 6.72. The second-order valence-electron chi connectivity index (χ2n) is 14.5. The number of carboxylic acid groups (broad SMARTS) is 1. The van der Waals surface area contributed by atoms with E-state index in [1.165, 1.54) is 21.1 Å². The highest BCUT2D eigenvalue weighted by Gasteiger charge is 2.28. The van der Waals surface area contributed by atoms with Crippen molar-refractivity contribution < 1.29 is 41.1 Å². The van der Waals surface area contributed by atoms with Gasteiger partial charge in [0.05, 0.1) is 0 Å². The van der Waals surface area contributed by atoms with Gasteiger partial charge in [0.1, 0.15) is 11.4 Å². The van der Waals surface area contributed by atoms with Crippen LogP contribution < -0.4 is 25.4 Å². The maximum Gasteiger partial charge on any atom is 0.354 e. The van der Waals surface area contributed by atoms with Gasteiger partial charge in [-0.2, -0.15) is 27.0 Å². The second kappa shape index (κ2) is 19.3. The summed E-state index contributed by atoms with van der Waals surface area (Å²) in [6.45, 7) is 15.5. The van der Waals surface area contributed by atoms with Crippen LogP contribution >= 0.6 is 23.2 Å². The van der Waals surface area contributed by atoms with E-state index in [2.05, 4.69) is 26.1 Å². The lowest BCUT2D eigenvalue weighted by Crippen LogP contribution is -2.35. The van der Waals surface area contributed by atoms with Gasteiger partial charge in [-0.05, 0) is 70.2 Å². The summed E-state index contributed by atoms with van der Waals surface area (Å²) in [5.74, 6) is -1.72. The highest BCUT2D eigenvalue weighted by Crippen LogP contribution is 2.37. The molecule has 22 heteroatoms. The Balaban J connectivity index is 0.000000316.